The second-order valence-corrected chi connectivity index (χ2v) is 5.08. The molecule has 0 bridgehead atoms. The van der Waals surface area contributed by atoms with Crippen LogP contribution >= 0.6 is 23.4 Å². The standard InChI is InChI=1S/C13H13ClN2OS/c1-17-10-2-3-11(15)12(7-10)18-8-9-4-5-16-13(14)6-9/h2-7H,8,15H2,1H3. The van der Waals surface area contributed by atoms with Crippen LogP contribution in [0.4, 0.5) is 5.69 Å². The average Bonchev–Trinajstić information content (AvgIpc) is 2.38. The van der Waals surface area contributed by atoms with Crippen LogP contribution in [-0.4, -0.2) is 12.1 Å². The van der Waals surface area contributed by atoms with Gasteiger partial charge in [0.15, 0.2) is 0 Å². The normalized spacial score (nSPS) is 10.3. The van der Waals surface area contributed by atoms with Crippen LogP contribution in [0.1, 0.15) is 5.56 Å². The molecule has 0 saturated heterocycles. The van der Waals surface area contributed by atoms with Gasteiger partial charge in [-0.05, 0) is 35.9 Å². The van der Waals surface area contributed by atoms with Crippen molar-refractivity contribution in [1.82, 2.24) is 4.98 Å². The summed E-state index contributed by atoms with van der Waals surface area (Å²) in [5.41, 5.74) is 7.79. The van der Waals surface area contributed by atoms with Crippen LogP contribution in [0, 0.1) is 0 Å². The Morgan fingerprint density at radius 3 is 2.89 bits per heavy atom. The van der Waals surface area contributed by atoms with Crippen molar-refractivity contribution in [2.45, 2.75) is 10.6 Å². The van der Waals surface area contributed by atoms with E-state index in [1.165, 1.54) is 0 Å². The minimum absolute atomic E-state index is 0.506. The van der Waals surface area contributed by atoms with Crippen LogP contribution in [0.15, 0.2) is 41.4 Å². The van der Waals surface area contributed by atoms with E-state index in [9.17, 15) is 0 Å². The number of nitrogen functional groups attached to an aromatic ring is 1. The van der Waals surface area contributed by atoms with Crippen molar-refractivity contribution in [3.63, 3.8) is 0 Å². The Morgan fingerprint density at radius 1 is 1.33 bits per heavy atom. The van der Waals surface area contributed by atoms with Crippen molar-refractivity contribution < 1.29 is 4.74 Å². The number of benzene rings is 1. The van der Waals surface area contributed by atoms with Gasteiger partial charge < -0.3 is 10.5 Å². The van der Waals surface area contributed by atoms with Crippen LogP contribution < -0.4 is 10.5 Å². The van der Waals surface area contributed by atoms with E-state index >= 15 is 0 Å². The number of halogens is 1. The predicted octanol–water partition coefficient (Wildman–Crippen LogP) is 3.62. The third kappa shape index (κ3) is 3.31. The van der Waals surface area contributed by atoms with Crippen molar-refractivity contribution in [3.05, 3.63) is 47.2 Å². The molecule has 1 aromatic heterocycles. The maximum Gasteiger partial charge on any atom is 0.129 e. The van der Waals surface area contributed by atoms with E-state index in [-0.39, 0.29) is 0 Å². The Kier molecular flexibility index (Phi) is 4.33. The van der Waals surface area contributed by atoms with E-state index in [2.05, 4.69) is 4.98 Å². The van der Waals surface area contributed by atoms with Gasteiger partial charge in [-0.3, -0.25) is 0 Å². The topological polar surface area (TPSA) is 48.1 Å². The van der Waals surface area contributed by atoms with Crippen LogP contribution in [0.2, 0.25) is 5.15 Å². The average molecular weight is 281 g/mol. The summed E-state index contributed by atoms with van der Waals surface area (Å²) < 4.78 is 5.18. The predicted molar refractivity (Wildman–Crippen MR) is 76.2 cm³/mol. The lowest BCUT2D eigenvalue weighted by Crippen LogP contribution is -1.91. The highest BCUT2D eigenvalue weighted by Crippen LogP contribution is 2.31. The summed E-state index contributed by atoms with van der Waals surface area (Å²) >= 11 is 7.49. The molecule has 0 amide bonds. The first-order valence-corrected chi connectivity index (χ1v) is 6.72. The maximum atomic E-state index is 5.92. The summed E-state index contributed by atoms with van der Waals surface area (Å²) in [6.07, 6.45) is 1.70. The van der Waals surface area contributed by atoms with Crippen molar-refractivity contribution in [2.24, 2.45) is 0 Å². The number of hydrogen-bond acceptors (Lipinski definition) is 4. The summed E-state index contributed by atoms with van der Waals surface area (Å²) in [6, 6.07) is 9.42. The molecule has 0 spiro atoms. The second-order valence-electron chi connectivity index (χ2n) is 3.68. The molecule has 0 saturated carbocycles. The molecule has 0 aliphatic heterocycles. The molecule has 18 heavy (non-hydrogen) atoms. The van der Waals surface area contributed by atoms with Crippen LogP contribution in [-0.2, 0) is 5.75 Å². The van der Waals surface area contributed by atoms with Gasteiger partial charge in [0, 0.05) is 22.5 Å². The smallest absolute Gasteiger partial charge is 0.129 e. The quantitative estimate of drug-likeness (QED) is 0.528. The largest absolute Gasteiger partial charge is 0.497 e. The number of hydrogen-bond donors (Lipinski definition) is 1. The molecule has 0 unspecified atom stereocenters. The third-order valence-electron chi connectivity index (χ3n) is 2.41. The molecular formula is C13H13ClN2OS. The molecule has 5 heteroatoms. The number of methoxy groups -OCH3 is 1. The number of nitrogens with zero attached hydrogens (tertiary/aromatic N) is 1. The highest BCUT2D eigenvalue weighted by molar-refractivity contribution is 7.98. The van der Waals surface area contributed by atoms with Crippen LogP contribution in [0.5, 0.6) is 5.75 Å². The summed E-state index contributed by atoms with van der Waals surface area (Å²) in [5, 5.41) is 0.506. The summed E-state index contributed by atoms with van der Waals surface area (Å²) in [6.45, 7) is 0. The molecule has 1 heterocycles. The molecule has 94 valence electrons. The van der Waals surface area contributed by atoms with Gasteiger partial charge in [0.05, 0.1) is 7.11 Å². The first-order valence-electron chi connectivity index (χ1n) is 5.36. The van der Waals surface area contributed by atoms with E-state index in [4.69, 9.17) is 22.1 Å². The number of thioether (sulfide) groups is 1. The fourth-order valence-electron chi connectivity index (χ4n) is 1.46. The molecule has 2 aromatic rings. The van der Waals surface area contributed by atoms with Gasteiger partial charge in [-0.1, -0.05) is 11.6 Å². The monoisotopic (exact) mass is 280 g/mol. The zero-order valence-electron chi connectivity index (χ0n) is 9.89. The van der Waals surface area contributed by atoms with Crippen LogP contribution in [0.25, 0.3) is 0 Å². The summed E-state index contributed by atoms with van der Waals surface area (Å²) in [4.78, 5) is 4.95. The highest BCUT2D eigenvalue weighted by atomic mass is 35.5. The van der Waals surface area contributed by atoms with Gasteiger partial charge in [-0.15, -0.1) is 11.8 Å². The first-order chi connectivity index (χ1) is 8.69. The number of ether oxygens (including phenoxy) is 1. The molecular weight excluding hydrogens is 268 g/mol. The zero-order valence-corrected chi connectivity index (χ0v) is 11.5. The van der Waals surface area contributed by atoms with Gasteiger partial charge in [0.25, 0.3) is 0 Å². The van der Waals surface area contributed by atoms with Crippen molar-refractivity contribution in [1.29, 1.82) is 0 Å². The van der Waals surface area contributed by atoms with Crippen molar-refractivity contribution >= 4 is 29.1 Å². The molecule has 3 nitrogen and oxygen atoms in total. The van der Waals surface area contributed by atoms with Gasteiger partial charge >= 0.3 is 0 Å². The van der Waals surface area contributed by atoms with E-state index in [1.54, 1.807) is 25.1 Å². The molecule has 2 rings (SSSR count). The maximum absolute atomic E-state index is 5.92. The molecule has 1 aromatic carbocycles. The number of aromatic nitrogens is 1. The minimum Gasteiger partial charge on any atom is -0.497 e. The fourth-order valence-corrected chi connectivity index (χ4v) is 2.59. The SMILES string of the molecule is COc1ccc(N)c(SCc2ccnc(Cl)c2)c1. The Labute approximate surface area is 115 Å². The lowest BCUT2D eigenvalue weighted by molar-refractivity contribution is 0.414. The van der Waals surface area contributed by atoms with Gasteiger partial charge in [-0.25, -0.2) is 4.98 Å². The Hall–Kier alpha value is -1.39. The van der Waals surface area contributed by atoms with E-state index in [0.29, 0.717) is 5.15 Å². The van der Waals surface area contributed by atoms with E-state index in [0.717, 1.165) is 27.6 Å². The van der Waals surface area contributed by atoms with Gasteiger partial charge in [-0.2, -0.15) is 0 Å². The Morgan fingerprint density at radius 2 is 2.17 bits per heavy atom. The molecule has 0 radical (unpaired) electrons. The lowest BCUT2D eigenvalue weighted by atomic mass is 10.3. The zero-order chi connectivity index (χ0) is 13.0. The molecule has 0 aliphatic rings. The van der Waals surface area contributed by atoms with Crippen molar-refractivity contribution in [2.75, 3.05) is 12.8 Å². The molecule has 0 atom stereocenters. The lowest BCUT2D eigenvalue weighted by Gasteiger charge is -2.08. The third-order valence-corrected chi connectivity index (χ3v) is 3.75. The number of anilines is 1. The number of rotatable bonds is 4. The van der Waals surface area contributed by atoms with E-state index < -0.39 is 0 Å². The fraction of sp³-hybridized carbons (Fsp3) is 0.154. The van der Waals surface area contributed by atoms with Gasteiger partial charge in [0.1, 0.15) is 10.9 Å². The Bertz CT molecular complexity index is 548. The van der Waals surface area contributed by atoms with E-state index in [1.807, 2.05) is 30.3 Å². The molecule has 0 aliphatic carbocycles. The number of pyridine rings is 1. The Balaban J connectivity index is 2.10. The first kappa shape index (κ1) is 13.1. The van der Waals surface area contributed by atoms with Gasteiger partial charge in [0.2, 0.25) is 0 Å². The van der Waals surface area contributed by atoms with Crippen LogP contribution in [0.3, 0.4) is 0 Å². The number of nitrogens with two attached hydrogens (primary N) is 1. The highest BCUT2D eigenvalue weighted by Gasteiger charge is 2.03. The summed E-state index contributed by atoms with van der Waals surface area (Å²) in [7, 11) is 1.64. The minimum atomic E-state index is 0.506. The van der Waals surface area contributed by atoms with Crippen molar-refractivity contribution in [3.8, 4) is 5.75 Å². The molecule has 2 N–H and O–H groups in total. The second kappa shape index (κ2) is 5.98. The summed E-state index contributed by atoms with van der Waals surface area (Å²) in [5.74, 6) is 1.60. The molecule has 0 fully saturated rings.